The van der Waals surface area contributed by atoms with E-state index in [4.69, 9.17) is 5.11 Å². The van der Waals surface area contributed by atoms with E-state index in [1.165, 1.54) is 13.8 Å². The zero-order valence-corrected chi connectivity index (χ0v) is 6.25. The molecule has 66 valence electrons. The summed E-state index contributed by atoms with van der Waals surface area (Å²) in [6.07, 6.45) is -5.89. The van der Waals surface area contributed by atoms with Gasteiger partial charge in [-0.2, -0.15) is 0 Å². The van der Waals surface area contributed by atoms with E-state index in [1.54, 1.807) is 0 Å². The van der Waals surface area contributed by atoms with Crippen LogP contribution in [0.3, 0.4) is 0 Å². The topological polar surface area (TPSA) is 46.5 Å². The van der Waals surface area contributed by atoms with E-state index < -0.39 is 24.6 Å². The van der Waals surface area contributed by atoms with Crippen LogP contribution in [0, 0.1) is 0 Å². The smallest absolute Gasteiger partial charge is 0.341 e. The van der Waals surface area contributed by atoms with E-state index >= 15 is 0 Å². The minimum atomic E-state index is -3.08. The van der Waals surface area contributed by atoms with Crippen molar-refractivity contribution in [1.82, 2.24) is 0 Å². The van der Waals surface area contributed by atoms with Crippen LogP contribution in [0.15, 0.2) is 0 Å². The first kappa shape index (κ1) is 10.3. The van der Waals surface area contributed by atoms with Crippen molar-refractivity contribution in [3.05, 3.63) is 0 Å². The molecule has 1 atom stereocenters. The first-order valence-electron chi connectivity index (χ1n) is 3.12. The number of rotatable bonds is 3. The van der Waals surface area contributed by atoms with Gasteiger partial charge in [-0.3, -0.25) is 0 Å². The molecule has 0 amide bonds. The van der Waals surface area contributed by atoms with Crippen molar-refractivity contribution >= 4 is 5.97 Å². The standard InChI is InChI=1S/C6H10F2O3/c1-3(2)11-6(10)4(9)5(7)8/h3-5,9H,1-2H3/t4-/m1/s1. The van der Waals surface area contributed by atoms with Crippen molar-refractivity contribution < 1.29 is 23.4 Å². The molecule has 0 fully saturated rings. The van der Waals surface area contributed by atoms with Crippen LogP contribution in [0.2, 0.25) is 0 Å². The highest BCUT2D eigenvalue weighted by Crippen LogP contribution is 2.03. The fourth-order valence-electron chi connectivity index (χ4n) is 0.405. The largest absolute Gasteiger partial charge is 0.461 e. The Kier molecular flexibility index (Phi) is 3.95. The van der Waals surface area contributed by atoms with Gasteiger partial charge >= 0.3 is 5.97 Å². The van der Waals surface area contributed by atoms with Crippen LogP contribution in [0.4, 0.5) is 8.78 Å². The lowest BCUT2D eigenvalue weighted by Crippen LogP contribution is -2.31. The van der Waals surface area contributed by atoms with Gasteiger partial charge in [-0.1, -0.05) is 0 Å². The molecule has 0 aromatic carbocycles. The van der Waals surface area contributed by atoms with E-state index in [-0.39, 0.29) is 0 Å². The van der Waals surface area contributed by atoms with Gasteiger partial charge in [0.1, 0.15) is 0 Å². The third-order valence-corrected chi connectivity index (χ3v) is 0.832. The number of ether oxygens (including phenoxy) is 1. The number of aliphatic hydroxyl groups is 1. The SMILES string of the molecule is CC(C)OC(=O)[C@H](O)C(F)F. The van der Waals surface area contributed by atoms with Crippen molar-refractivity contribution in [1.29, 1.82) is 0 Å². The summed E-state index contributed by atoms with van der Waals surface area (Å²) in [5, 5.41) is 8.42. The summed E-state index contributed by atoms with van der Waals surface area (Å²) in [4.78, 5) is 10.4. The minimum absolute atomic E-state index is 0.490. The summed E-state index contributed by atoms with van der Waals surface area (Å²) in [5.74, 6) is -1.28. The Morgan fingerprint density at radius 2 is 1.91 bits per heavy atom. The quantitative estimate of drug-likeness (QED) is 0.626. The molecule has 11 heavy (non-hydrogen) atoms. The average molecular weight is 168 g/mol. The van der Waals surface area contributed by atoms with Crippen LogP contribution >= 0.6 is 0 Å². The van der Waals surface area contributed by atoms with Gasteiger partial charge in [0.2, 0.25) is 6.10 Å². The van der Waals surface area contributed by atoms with Crippen molar-refractivity contribution in [2.24, 2.45) is 0 Å². The molecule has 0 aliphatic heterocycles. The second-order valence-electron chi connectivity index (χ2n) is 2.26. The lowest BCUT2D eigenvalue weighted by atomic mass is 10.4. The molecule has 0 saturated heterocycles. The number of alkyl halides is 2. The zero-order chi connectivity index (χ0) is 9.02. The number of carbonyl (C=O) groups is 1. The normalized spacial score (nSPS) is 13.7. The number of hydrogen-bond acceptors (Lipinski definition) is 3. The molecule has 1 N–H and O–H groups in total. The lowest BCUT2D eigenvalue weighted by Gasteiger charge is -2.11. The van der Waals surface area contributed by atoms with Crippen LogP contribution in [0.5, 0.6) is 0 Å². The number of aliphatic hydroxyl groups excluding tert-OH is 1. The van der Waals surface area contributed by atoms with E-state index in [9.17, 15) is 13.6 Å². The van der Waals surface area contributed by atoms with Gasteiger partial charge in [0.15, 0.2) is 0 Å². The van der Waals surface area contributed by atoms with Gasteiger partial charge in [-0.05, 0) is 13.8 Å². The summed E-state index contributed by atoms with van der Waals surface area (Å²) in [5.41, 5.74) is 0. The van der Waals surface area contributed by atoms with Crippen molar-refractivity contribution in [2.75, 3.05) is 0 Å². The highest BCUT2D eigenvalue weighted by atomic mass is 19.3. The van der Waals surface area contributed by atoms with Crippen LogP contribution in [-0.4, -0.2) is 29.7 Å². The molecule has 0 aliphatic carbocycles. The molecule has 0 heterocycles. The molecule has 0 rings (SSSR count). The minimum Gasteiger partial charge on any atom is -0.461 e. The summed E-state index contributed by atoms with van der Waals surface area (Å²) < 4.78 is 27.5. The van der Waals surface area contributed by atoms with E-state index in [1.807, 2.05) is 0 Å². The van der Waals surface area contributed by atoms with Crippen molar-refractivity contribution in [3.8, 4) is 0 Å². The fraction of sp³-hybridized carbons (Fsp3) is 0.833. The molecule has 5 heteroatoms. The first-order chi connectivity index (χ1) is 4.95. The number of carbonyl (C=O) groups excluding carboxylic acids is 1. The maximum absolute atomic E-state index is 11.6. The predicted molar refractivity (Wildman–Crippen MR) is 33.2 cm³/mol. The van der Waals surface area contributed by atoms with Gasteiger partial charge in [-0.25, -0.2) is 13.6 Å². The Balaban J connectivity index is 3.83. The second kappa shape index (κ2) is 4.23. The molecular formula is C6H10F2O3. The zero-order valence-electron chi connectivity index (χ0n) is 6.25. The monoisotopic (exact) mass is 168 g/mol. The second-order valence-corrected chi connectivity index (χ2v) is 2.26. The molecule has 0 radical (unpaired) electrons. The summed E-state index contributed by atoms with van der Waals surface area (Å²) in [7, 11) is 0. The molecule has 0 aliphatic rings. The number of hydrogen-bond donors (Lipinski definition) is 1. The summed E-state index contributed by atoms with van der Waals surface area (Å²) >= 11 is 0. The Morgan fingerprint density at radius 1 is 1.45 bits per heavy atom. The molecule has 0 unspecified atom stereocenters. The lowest BCUT2D eigenvalue weighted by molar-refractivity contribution is -0.165. The van der Waals surface area contributed by atoms with Crippen molar-refractivity contribution in [2.45, 2.75) is 32.5 Å². The molecule has 0 bridgehead atoms. The van der Waals surface area contributed by atoms with Crippen LogP contribution < -0.4 is 0 Å². The molecule has 0 aromatic heterocycles. The maximum atomic E-state index is 11.6. The molecule has 0 saturated carbocycles. The molecule has 0 aromatic rings. The maximum Gasteiger partial charge on any atom is 0.341 e. The van der Waals surface area contributed by atoms with Gasteiger partial charge in [-0.15, -0.1) is 0 Å². The van der Waals surface area contributed by atoms with Gasteiger partial charge < -0.3 is 9.84 Å². The fourth-order valence-corrected chi connectivity index (χ4v) is 0.405. The summed E-state index contributed by atoms with van der Waals surface area (Å²) in [6.45, 7) is 3.02. The molecular weight excluding hydrogens is 158 g/mol. The highest BCUT2D eigenvalue weighted by Gasteiger charge is 2.27. The number of halogens is 2. The Morgan fingerprint density at radius 3 is 2.18 bits per heavy atom. The van der Waals surface area contributed by atoms with Gasteiger partial charge in [0, 0.05) is 0 Å². The number of esters is 1. The van der Waals surface area contributed by atoms with E-state index in [2.05, 4.69) is 4.74 Å². The Hall–Kier alpha value is -0.710. The molecule has 0 spiro atoms. The van der Waals surface area contributed by atoms with Crippen LogP contribution in [-0.2, 0) is 9.53 Å². The Bertz CT molecular complexity index is 136. The summed E-state index contributed by atoms with van der Waals surface area (Å²) in [6, 6.07) is 0. The third-order valence-electron chi connectivity index (χ3n) is 0.832. The van der Waals surface area contributed by atoms with Crippen LogP contribution in [0.1, 0.15) is 13.8 Å². The van der Waals surface area contributed by atoms with Crippen molar-refractivity contribution in [3.63, 3.8) is 0 Å². The molecule has 3 nitrogen and oxygen atoms in total. The average Bonchev–Trinajstić information content (AvgIpc) is 1.84. The van der Waals surface area contributed by atoms with E-state index in [0.717, 1.165) is 0 Å². The van der Waals surface area contributed by atoms with E-state index in [0.29, 0.717) is 0 Å². The first-order valence-corrected chi connectivity index (χ1v) is 3.12. The highest BCUT2D eigenvalue weighted by molar-refractivity contribution is 5.74. The van der Waals surface area contributed by atoms with Gasteiger partial charge in [0.25, 0.3) is 6.43 Å². The Labute approximate surface area is 63.0 Å². The van der Waals surface area contributed by atoms with Gasteiger partial charge in [0.05, 0.1) is 6.10 Å². The predicted octanol–water partition coefficient (Wildman–Crippen LogP) is 0.564. The third kappa shape index (κ3) is 3.87. The van der Waals surface area contributed by atoms with Crippen LogP contribution in [0.25, 0.3) is 0 Å².